The van der Waals surface area contributed by atoms with Gasteiger partial charge >= 0.3 is 0 Å². The van der Waals surface area contributed by atoms with Crippen molar-refractivity contribution in [3.8, 4) is 0 Å². The molecule has 20 heavy (non-hydrogen) atoms. The SMILES string of the molecule is COC(C1CCCCC1)C(NN)C1CC(C)CC(C)C1. The fourth-order valence-corrected chi connectivity index (χ4v) is 4.90. The minimum absolute atomic E-state index is 0.294. The van der Waals surface area contributed by atoms with E-state index in [1.54, 1.807) is 0 Å². The molecule has 0 aromatic rings. The van der Waals surface area contributed by atoms with Crippen molar-refractivity contribution >= 4 is 0 Å². The monoisotopic (exact) mass is 282 g/mol. The Balaban J connectivity index is 2.03. The van der Waals surface area contributed by atoms with Crippen molar-refractivity contribution in [2.75, 3.05) is 7.11 Å². The lowest BCUT2D eigenvalue weighted by molar-refractivity contribution is -0.0194. The maximum Gasteiger partial charge on any atom is 0.0768 e. The van der Waals surface area contributed by atoms with Gasteiger partial charge in [-0.15, -0.1) is 0 Å². The van der Waals surface area contributed by atoms with E-state index in [4.69, 9.17) is 10.6 Å². The third kappa shape index (κ3) is 3.96. The molecule has 0 saturated heterocycles. The number of hydrazine groups is 1. The Bertz CT molecular complexity index is 268. The zero-order valence-electron chi connectivity index (χ0n) is 13.6. The van der Waals surface area contributed by atoms with Crippen LogP contribution in [0.5, 0.6) is 0 Å². The van der Waals surface area contributed by atoms with Crippen molar-refractivity contribution in [3.05, 3.63) is 0 Å². The lowest BCUT2D eigenvalue weighted by Crippen LogP contribution is -2.54. The molecule has 4 atom stereocenters. The van der Waals surface area contributed by atoms with E-state index in [-0.39, 0.29) is 0 Å². The van der Waals surface area contributed by atoms with Crippen molar-refractivity contribution in [2.45, 2.75) is 77.4 Å². The van der Waals surface area contributed by atoms with Gasteiger partial charge in [0.2, 0.25) is 0 Å². The topological polar surface area (TPSA) is 47.3 Å². The minimum Gasteiger partial charge on any atom is -0.379 e. The summed E-state index contributed by atoms with van der Waals surface area (Å²) in [7, 11) is 1.87. The molecule has 2 aliphatic rings. The molecule has 4 unspecified atom stereocenters. The molecule has 0 aromatic heterocycles. The molecule has 0 heterocycles. The van der Waals surface area contributed by atoms with Crippen LogP contribution in [0.25, 0.3) is 0 Å². The van der Waals surface area contributed by atoms with Crippen LogP contribution in [0.3, 0.4) is 0 Å². The molecular weight excluding hydrogens is 248 g/mol. The Kier molecular flexibility index (Phi) is 6.31. The molecule has 0 aromatic carbocycles. The van der Waals surface area contributed by atoms with E-state index in [9.17, 15) is 0 Å². The van der Waals surface area contributed by atoms with E-state index in [0.717, 1.165) is 11.8 Å². The first kappa shape index (κ1) is 16.3. The van der Waals surface area contributed by atoms with Gasteiger partial charge in [0, 0.05) is 7.11 Å². The Morgan fingerprint density at radius 3 is 2.05 bits per heavy atom. The fraction of sp³-hybridized carbons (Fsp3) is 1.00. The summed E-state index contributed by atoms with van der Waals surface area (Å²) in [5.41, 5.74) is 3.14. The summed E-state index contributed by atoms with van der Waals surface area (Å²) >= 11 is 0. The summed E-state index contributed by atoms with van der Waals surface area (Å²) in [4.78, 5) is 0. The summed E-state index contributed by atoms with van der Waals surface area (Å²) in [6.07, 6.45) is 11.0. The fourth-order valence-electron chi connectivity index (χ4n) is 4.90. The highest BCUT2D eigenvalue weighted by Gasteiger charge is 2.37. The summed E-state index contributed by atoms with van der Waals surface area (Å²) in [5.74, 6) is 8.96. The smallest absolute Gasteiger partial charge is 0.0768 e. The largest absolute Gasteiger partial charge is 0.379 e. The molecule has 0 amide bonds. The van der Waals surface area contributed by atoms with Crippen molar-refractivity contribution in [1.29, 1.82) is 0 Å². The zero-order valence-corrected chi connectivity index (χ0v) is 13.6. The number of ether oxygens (including phenoxy) is 1. The highest BCUT2D eigenvalue weighted by atomic mass is 16.5. The lowest BCUT2D eigenvalue weighted by atomic mass is 9.70. The highest BCUT2D eigenvalue weighted by Crippen LogP contribution is 2.38. The van der Waals surface area contributed by atoms with Gasteiger partial charge in [0.1, 0.15) is 0 Å². The van der Waals surface area contributed by atoms with E-state index in [0.29, 0.717) is 24.0 Å². The average molecular weight is 282 g/mol. The average Bonchev–Trinajstić information content (AvgIpc) is 2.44. The van der Waals surface area contributed by atoms with Gasteiger partial charge in [-0.1, -0.05) is 33.1 Å². The summed E-state index contributed by atoms with van der Waals surface area (Å²) in [5, 5.41) is 0. The Hall–Kier alpha value is -0.120. The van der Waals surface area contributed by atoms with E-state index in [1.807, 2.05) is 7.11 Å². The Morgan fingerprint density at radius 2 is 1.55 bits per heavy atom. The van der Waals surface area contributed by atoms with Crippen molar-refractivity contribution in [3.63, 3.8) is 0 Å². The number of hydrogen-bond acceptors (Lipinski definition) is 3. The molecule has 3 nitrogen and oxygen atoms in total. The predicted octanol–water partition coefficient (Wildman–Crippen LogP) is 3.49. The molecule has 0 bridgehead atoms. The Morgan fingerprint density at radius 1 is 0.950 bits per heavy atom. The molecule has 2 fully saturated rings. The second-order valence-electron chi connectivity index (χ2n) is 7.47. The van der Waals surface area contributed by atoms with Gasteiger partial charge in [0.05, 0.1) is 12.1 Å². The summed E-state index contributed by atoms with van der Waals surface area (Å²) < 4.78 is 5.92. The van der Waals surface area contributed by atoms with E-state index >= 15 is 0 Å². The van der Waals surface area contributed by atoms with Gasteiger partial charge in [-0.25, -0.2) is 0 Å². The lowest BCUT2D eigenvalue weighted by Gasteiger charge is -2.42. The molecule has 3 N–H and O–H groups in total. The maximum atomic E-state index is 5.95. The molecule has 0 radical (unpaired) electrons. The molecule has 0 spiro atoms. The van der Waals surface area contributed by atoms with Gasteiger partial charge in [0.25, 0.3) is 0 Å². The first-order valence-corrected chi connectivity index (χ1v) is 8.64. The second kappa shape index (κ2) is 7.77. The summed E-state index contributed by atoms with van der Waals surface area (Å²) in [6, 6.07) is 0.327. The zero-order chi connectivity index (χ0) is 14.5. The van der Waals surface area contributed by atoms with Gasteiger partial charge < -0.3 is 4.74 Å². The Labute approximate surface area is 125 Å². The minimum atomic E-state index is 0.294. The van der Waals surface area contributed by atoms with Crippen LogP contribution >= 0.6 is 0 Å². The number of methoxy groups -OCH3 is 1. The van der Waals surface area contributed by atoms with Crippen molar-refractivity contribution in [1.82, 2.24) is 5.43 Å². The van der Waals surface area contributed by atoms with Crippen LogP contribution in [-0.2, 0) is 4.74 Å². The molecule has 0 aliphatic heterocycles. The van der Waals surface area contributed by atoms with E-state index in [2.05, 4.69) is 19.3 Å². The molecule has 2 saturated carbocycles. The first-order valence-electron chi connectivity index (χ1n) is 8.64. The number of hydrogen-bond donors (Lipinski definition) is 2. The molecule has 2 rings (SSSR count). The van der Waals surface area contributed by atoms with Gasteiger partial charge in [-0.3, -0.25) is 11.3 Å². The predicted molar refractivity (Wildman–Crippen MR) is 84.2 cm³/mol. The number of nitrogens with two attached hydrogens (primary N) is 1. The third-order valence-corrected chi connectivity index (χ3v) is 5.66. The van der Waals surface area contributed by atoms with E-state index in [1.165, 1.54) is 51.4 Å². The second-order valence-corrected chi connectivity index (χ2v) is 7.47. The van der Waals surface area contributed by atoms with Crippen LogP contribution in [0.1, 0.15) is 65.2 Å². The van der Waals surface area contributed by atoms with Crippen LogP contribution in [0.15, 0.2) is 0 Å². The van der Waals surface area contributed by atoms with E-state index < -0.39 is 0 Å². The van der Waals surface area contributed by atoms with Crippen LogP contribution in [0.4, 0.5) is 0 Å². The molecule has 2 aliphatic carbocycles. The molecule has 118 valence electrons. The van der Waals surface area contributed by atoms with Crippen LogP contribution in [0.2, 0.25) is 0 Å². The molecule has 3 heteroatoms. The van der Waals surface area contributed by atoms with Crippen LogP contribution in [0, 0.1) is 23.7 Å². The normalized spacial score (nSPS) is 35.7. The van der Waals surface area contributed by atoms with Gasteiger partial charge in [-0.2, -0.15) is 0 Å². The highest BCUT2D eigenvalue weighted by molar-refractivity contribution is 4.91. The number of rotatable bonds is 5. The standard InChI is InChI=1S/C17H34N2O/c1-12-9-13(2)11-15(10-12)16(19-18)17(20-3)14-7-5-4-6-8-14/h12-17,19H,4-11,18H2,1-3H3. The van der Waals surface area contributed by atoms with Gasteiger partial charge in [0.15, 0.2) is 0 Å². The quantitative estimate of drug-likeness (QED) is 0.599. The maximum absolute atomic E-state index is 5.95. The van der Waals surface area contributed by atoms with Crippen LogP contribution in [-0.4, -0.2) is 19.3 Å². The van der Waals surface area contributed by atoms with Crippen molar-refractivity contribution < 1.29 is 4.74 Å². The summed E-state index contributed by atoms with van der Waals surface area (Å²) in [6.45, 7) is 4.78. The molecular formula is C17H34N2O. The van der Waals surface area contributed by atoms with Crippen molar-refractivity contribution in [2.24, 2.45) is 29.5 Å². The van der Waals surface area contributed by atoms with Crippen LogP contribution < -0.4 is 11.3 Å². The first-order chi connectivity index (χ1) is 9.65. The number of nitrogens with one attached hydrogen (secondary N) is 1. The van der Waals surface area contributed by atoms with Gasteiger partial charge in [-0.05, 0) is 55.8 Å². The third-order valence-electron chi connectivity index (χ3n) is 5.66.